The summed E-state index contributed by atoms with van der Waals surface area (Å²) in [6, 6.07) is 12.6. The zero-order chi connectivity index (χ0) is 22.7. The van der Waals surface area contributed by atoms with Crippen molar-refractivity contribution in [3.8, 4) is 11.3 Å². The molecule has 4 rings (SSSR count). The van der Waals surface area contributed by atoms with E-state index in [2.05, 4.69) is 33.9 Å². The normalized spacial score (nSPS) is 14.0. The van der Waals surface area contributed by atoms with Crippen molar-refractivity contribution in [3.05, 3.63) is 54.4 Å². The molecule has 0 atom stereocenters. The number of amides is 1. The van der Waals surface area contributed by atoms with Crippen LogP contribution in [0.15, 0.2) is 48.8 Å². The van der Waals surface area contributed by atoms with Gasteiger partial charge in [0.05, 0.1) is 12.2 Å². The first-order valence-electron chi connectivity index (χ1n) is 11.4. The number of hydrogen-bond donors (Lipinski definition) is 0. The summed E-state index contributed by atoms with van der Waals surface area (Å²) in [7, 11) is 1.73. The van der Waals surface area contributed by atoms with Crippen molar-refractivity contribution in [1.29, 1.82) is 0 Å². The lowest BCUT2D eigenvalue weighted by Gasteiger charge is -2.27. The first-order chi connectivity index (χ1) is 15.4. The second-order valence-corrected chi connectivity index (χ2v) is 9.45. The summed E-state index contributed by atoms with van der Waals surface area (Å²) in [5.41, 5.74) is 3.78. The standard InChI is InChI=1S/C26H33N3O3/c1-26(2,3)32-25(30)29(20-12-13-20)18-19-17-28(15-8-16-31-4)23-11-7-9-21(24(19)23)22-10-5-6-14-27-22/h5-7,9-11,14,17,20H,8,12-13,15-16,18H2,1-4H3. The van der Waals surface area contributed by atoms with Gasteiger partial charge in [0.1, 0.15) is 5.60 Å². The molecule has 1 aromatic carbocycles. The highest BCUT2D eigenvalue weighted by Gasteiger charge is 2.36. The van der Waals surface area contributed by atoms with Crippen LogP contribution in [0.1, 0.15) is 45.6 Å². The Kier molecular flexibility index (Phi) is 6.51. The maximum Gasteiger partial charge on any atom is 0.410 e. The molecule has 6 nitrogen and oxygen atoms in total. The molecular weight excluding hydrogens is 402 g/mol. The third kappa shape index (κ3) is 5.13. The molecule has 2 aromatic heterocycles. The van der Waals surface area contributed by atoms with Gasteiger partial charge in [0.15, 0.2) is 0 Å². The number of carbonyl (C=O) groups excluding carboxylic acids is 1. The smallest absolute Gasteiger partial charge is 0.410 e. The number of ether oxygens (including phenoxy) is 2. The van der Waals surface area contributed by atoms with Crippen LogP contribution in [0, 0.1) is 0 Å². The number of pyridine rings is 1. The molecule has 0 radical (unpaired) electrons. The topological polar surface area (TPSA) is 56.6 Å². The zero-order valence-electron chi connectivity index (χ0n) is 19.5. The number of fused-ring (bicyclic) bond motifs is 1. The van der Waals surface area contributed by atoms with E-state index in [0.717, 1.165) is 53.5 Å². The summed E-state index contributed by atoms with van der Waals surface area (Å²) in [6.45, 7) is 7.83. The van der Waals surface area contributed by atoms with Crippen LogP contribution in [0.25, 0.3) is 22.2 Å². The lowest BCUT2D eigenvalue weighted by molar-refractivity contribution is 0.0217. The number of aryl methyl sites for hydroxylation is 1. The molecule has 170 valence electrons. The zero-order valence-corrected chi connectivity index (χ0v) is 19.5. The molecule has 0 aliphatic heterocycles. The van der Waals surface area contributed by atoms with E-state index in [9.17, 15) is 4.79 Å². The number of benzene rings is 1. The Morgan fingerprint density at radius 2 is 2.00 bits per heavy atom. The fourth-order valence-electron chi connectivity index (χ4n) is 4.09. The van der Waals surface area contributed by atoms with E-state index in [-0.39, 0.29) is 12.1 Å². The van der Waals surface area contributed by atoms with Gasteiger partial charge >= 0.3 is 6.09 Å². The third-order valence-corrected chi connectivity index (χ3v) is 5.63. The summed E-state index contributed by atoms with van der Waals surface area (Å²) in [6.07, 6.45) is 6.74. The molecule has 32 heavy (non-hydrogen) atoms. The van der Waals surface area contributed by atoms with Gasteiger partial charge in [0, 0.05) is 55.2 Å². The minimum Gasteiger partial charge on any atom is -0.444 e. The van der Waals surface area contributed by atoms with Crippen molar-refractivity contribution in [3.63, 3.8) is 0 Å². The molecule has 6 heteroatoms. The third-order valence-electron chi connectivity index (χ3n) is 5.63. The van der Waals surface area contributed by atoms with E-state index >= 15 is 0 Å². The Bertz CT molecular complexity index is 1070. The van der Waals surface area contributed by atoms with Crippen molar-refractivity contribution in [2.24, 2.45) is 0 Å². The van der Waals surface area contributed by atoms with Crippen molar-refractivity contribution >= 4 is 17.0 Å². The molecule has 0 unspecified atom stereocenters. The Balaban J connectivity index is 1.75. The van der Waals surface area contributed by atoms with Gasteiger partial charge in [0.2, 0.25) is 0 Å². The molecular formula is C26H33N3O3. The fourth-order valence-corrected chi connectivity index (χ4v) is 4.09. The van der Waals surface area contributed by atoms with Crippen LogP contribution >= 0.6 is 0 Å². The minimum atomic E-state index is -0.516. The molecule has 1 amide bonds. The Morgan fingerprint density at radius 1 is 1.19 bits per heavy atom. The number of methoxy groups -OCH3 is 1. The molecule has 3 aromatic rings. The summed E-state index contributed by atoms with van der Waals surface area (Å²) < 4.78 is 13.3. The average molecular weight is 436 g/mol. The van der Waals surface area contributed by atoms with Gasteiger partial charge in [0.25, 0.3) is 0 Å². The van der Waals surface area contributed by atoms with Crippen LogP contribution in [0.5, 0.6) is 0 Å². The predicted molar refractivity (Wildman–Crippen MR) is 126 cm³/mol. The Morgan fingerprint density at radius 3 is 2.66 bits per heavy atom. The number of nitrogens with zero attached hydrogens (tertiary/aromatic N) is 3. The van der Waals surface area contributed by atoms with Crippen LogP contribution in [0.3, 0.4) is 0 Å². The SMILES string of the molecule is COCCCn1cc(CN(C(=O)OC(C)(C)C)C2CC2)c2c(-c3ccccn3)cccc21. The van der Waals surface area contributed by atoms with Crippen LogP contribution in [-0.4, -0.2) is 45.9 Å². The van der Waals surface area contributed by atoms with E-state index in [1.165, 1.54) is 0 Å². The van der Waals surface area contributed by atoms with Gasteiger partial charge < -0.3 is 18.9 Å². The largest absolute Gasteiger partial charge is 0.444 e. The van der Waals surface area contributed by atoms with Crippen molar-refractivity contribution in [2.45, 2.75) is 64.8 Å². The Hall–Kier alpha value is -2.86. The van der Waals surface area contributed by atoms with Crippen LogP contribution in [0.4, 0.5) is 4.79 Å². The average Bonchev–Trinajstić information content (AvgIpc) is 3.54. The first kappa shape index (κ1) is 22.3. The van der Waals surface area contributed by atoms with E-state index in [0.29, 0.717) is 13.2 Å². The highest BCUT2D eigenvalue weighted by Crippen LogP contribution is 2.35. The summed E-state index contributed by atoms with van der Waals surface area (Å²) in [5.74, 6) is 0. The molecule has 1 saturated carbocycles. The number of hydrogen-bond acceptors (Lipinski definition) is 4. The lowest BCUT2D eigenvalue weighted by atomic mass is 10.0. The van der Waals surface area contributed by atoms with Crippen LogP contribution < -0.4 is 0 Å². The van der Waals surface area contributed by atoms with Crippen molar-refractivity contribution < 1.29 is 14.3 Å². The molecule has 1 fully saturated rings. The first-order valence-corrected chi connectivity index (χ1v) is 11.4. The number of rotatable bonds is 8. The summed E-state index contributed by atoms with van der Waals surface area (Å²) in [4.78, 5) is 19.5. The second-order valence-electron chi connectivity index (χ2n) is 9.45. The highest BCUT2D eigenvalue weighted by atomic mass is 16.6. The molecule has 0 saturated heterocycles. The predicted octanol–water partition coefficient (Wildman–Crippen LogP) is 5.64. The minimum absolute atomic E-state index is 0.240. The summed E-state index contributed by atoms with van der Waals surface area (Å²) in [5, 5.41) is 1.15. The molecule has 0 N–H and O–H groups in total. The number of carbonyl (C=O) groups is 1. The molecule has 0 spiro atoms. The van der Waals surface area contributed by atoms with E-state index < -0.39 is 5.60 Å². The van der Waals surface area contributed by atoms with Crippen molar-refractivity contribution in [2.75, 3.05) is 13.7 Å². The fraction of sp³-hybridized carbons (Fsp3) is 0.462. The lowest BCUT2D eigenvalue weighted by Crippen LogP contribution is -2.37. The van der Waals surface area contributed by atoms with Gasteiger partial charge in [-0.15, -0.1) is 0 Å². The van der Waals surface area contributed by atoms with Gasteiger partial charge in [-0.2, -0.15) is 0 Å². The highest BCUT2D eigenvalue weighted by molar-refractivity contribution is 5.97. The molecule has 2 heterocycles. The molecule has 0 bridgehead atoms. The van der Waals surface area contributed by atoms with Gasteiger partial charge in [-0.1, -0.05) is 18.2 Å². The van der Waals surface area contributed by atoms with Crippen LogP contribution in [0.2, 0.25) is 0 Å². The maximum absolute atomic E-state index is 13.0. The van der Waals surface area contributed by atoms with Gasteiger partial charge in [-0.25, -0.2) is 4.79 Å². The molecule has 1 aliphatic carbocycles. The molecule has 1 aliphatic rings. The van der Waals surface area contributed by atoms with Gasteiger partial charge in [-0.3, -0.25) is 4.98 Å². The monoisotopic (exact) mass is 435 g/mol. The van der Waals surface area contributed by atoms with E-state index in [1.807, 2.05) is 50.1 Å². The Labute approximate surface area is 190 Å². The van der Waals surface area contributed by atoms with E-state index in [4.69, 9.17) is 9.47 Å². The summed E-state index contributed by atoms with van der Waals surface area (Å²) >= 11 is 0. The van der Waals surface area contributed by atoms with Crippen molar-refractivity contribution in [1.82, 2.24) is 14.5 Å². The van der Waals surface area contributed by atoms with Crippen LogP contribution in [-0.2, 0) is 22.6 Å². The van der Waals surface area contributed by atoms with Gasteiger partial charge in [-0.05, 0) is 63.8 Å². The second kappa shape index (κ2) is 9.33. The quantitative estimate of drug-likeness (QED) is 0.430. The number of aromatic nitrogens is 2. The van der Waals surface area contributed by atoms with E-state index in [1.54, 1.807) is 7.11 Å². The maximum atomic E-state index is 13.0.